The fraction of sp³-hybridized carbons (Fsp3) is 1.00. The lowest BCUT2D eigenvalue weighted by Gasteiger charge is -2.11. The van der Waals surface area contributed by atoms with Gasteiger partial charge in [0.1, 0.15) is 0 Å². The number of hydrogen-bond donors (Lipinski definition) is 1. The predicted molar refractivity (Wildman–Crippen MR) is 46.3 cm³/mol. The zero-order chi connectivity index (χ0) is 7.98. The smallest absolute Gasteiger partial charge is 0.460 e. The molecule has 0 radical (unpaired) electrons. The van der Waals surface area contributed by atoms with Crippen LogP contribution >= 0.6 is 0 Å². The van der Waals surface area contributed by atoms with E-state index in [1.165, 1.54) is 10.6 Å². The quantitative estimate of drug-likeness (QED) is 0.615. The highest BCUT2D eigenvalue weighted by Gasteiger charge is 2.14. The molecule has 0 saturated carbocycles. The summed E-state index contributed by atoms with van der Waals surface area (Å²) in [5, 5.41) is 2.45. The zero-order valence-corrected chi connectivity index (χ0v) is 8.42. The molecule has 1 unspecified atom stereocenters. The SMILES string of the molecule is C[CH2][Al]([CH2]C)[O]CC(C)N. The van der Waals surface area contributed by atoms with Crippen molar-refractivity contribution in [3.8, 4) is 0 Å². The molecule has 3 heteroatoms. The first-order valence-corrected chi connectivity index (χ1v) is 6.18. The standard InChI is InChI=1S/C3H8NO.2C2H5.Al/c1-3(4)2-5;2*1-2;/h3H,2,4H2,1H3;2*1H2,2H3;/q-1;;;+1. The summed E-state index contributed by atoms with van der Waals surface area (Å²) in [6, 6.07) is 0.202. The highest BCUT2D eigenvalue weighted by molar-refractivity contribution is 6.51. The summed E-state index contributed by atoms with van der Waals surface area (Å²) >= 11 is -0.828. The second kappa shape index (κ2) is 6.18. The van der Waals surface area contributed by atoms with Crippen molar-refractivity contribution in [2.75, 3.05) is 6.61 Å². The molecule has 2 nitrogen and oxygen atoms in total. The summed E-state index contributed by atoms with van der Waals surface area (Å²) in [6.45, 7) is 7.12. The van der Waals surface area contributed by atoms with Crippen molar-refractivity contribution in [1.29, 1.82) is 0 Å². The molecular weight excluding hydrogens is 141 g/mol. The van der Waals surface area contributed by atoms with E-state index in [-0.39, 0.29) is 6.04 Å². The number of nitrogens with two attached hydrogens (primary N) is 1. The molecule has 0 bridgehead atoms. The van der Waals surface area contributed by atoms with Gasteiger partial charge in [-0.25, -0.2) is 0 Å². The second-order valence-corrected chi connectivity index (χ2v) is 5.96. The van der Waals surface area contributed by atoms with E-state index in [9.17, 15) is 0 Å². The lowest BCUT2D eigenvalue weighted by Crippen LogP contribution is -2.27. The molecule has 0 aliphatic heterocycles. The molecule has 0 aliphatic rings. The Morgan fingerprint density at radius 2 is 1.90 bits per heavy atom. The first-order chi connectivity index (χ1) is 4.70. The van der Waals surface area contributed by atoms with Crippen molar-refractivity contribution in [2.45, 2.75) is 37.4 Å². The Bertz CT molecular complexity index is 74.0. The molecule has 2 N–H and O–H groups in total. The van der Waals surface area contributed by atoms with Crippen LogP contribution < -0.4 is 5.73 Å². The maximum atomic E-state index is 5.62. The Balaban J connectivity index is 3.26. The Morgan fingerprint density at radius 3 is 2.20 bits per heavy atom. The molecule has 0 amide bonds. The van der Waals surface area contributed by atoms with Crippen LogP contribution in [0.25, 0.3) is 0 Å². The molecule has 1 atom stereocenters. The Kier molecular flexibility index (Phi) is 6.46. The van der Waals surface area contributed by atoms with Crippen molar-refractivity contribution in [3.63, 3.8) is 0 Å². The third kappa shape index (κ3) is 5.25. The van der Waals surface area contributed by atoms with Crippen LogP contribution in [0.4, 0.5) is 0 Å². The third-order valence-corrected chi connectivity index (χ3v) is 3.99. The Hall–Kier alpha value is 0.452. The van der Waals surface area contributed by atoms with E-state index >= 15 is 0 Å². The van der Waals surface area contributed by atoms with Crippen LogP contribution in [0.2, 0.25) is 10.6 Å². The van der Waals surface area contributed by atoms with Crippen LogP contribution in [0.15, 0.2) is 0 Å². The van der Waals surface area contributed by atoms with Gasteiger partial charge in [0.25, 0.3) is 0 Å². The van der Waals surface area contributed by atoms with Gasteiger partial charge in [0, 0.05) is 12.6 Å². The lowest BCUT2D eigenvalue weighted by atomic mass is 10.4. The minimum atomic E-state index is -0.828. The van der Waals surface area contributed by atoms with Gasteiger partial charge in [-0.15, -0.1) is 0 Å². The molecule has 0 aromatic carbocycles. The van der Waals surface area contributed by atoms with E-state index in [0.717, 1.165) is 6.61 Å². The largest absolute Gasteiger partial charge is 0.499 e. The molecule has 0 rings (SSSR count). The molecule has 0 heterocycles. The van der Waals surface area contributed by atoms with Gasteiger partial charge in [-0.1, -0.05) is 24.4 Å². The number of hydrogen-bond acceptors (Lipinski definition) is 2. The van der Waals surface area contributed by atoms with Gasteiger partial charge in [0.2, 0.25) is 0 Å². The molecule has 0 fully saturated rings. The second-order valence-electron chi connectivity index (χ2n) is 2.75. The van der Waals surface area contributed by atoms with Gasteiger partial charge in [-0.3, -0.25) is 0 Å². The average Bonchev–Trinajstić information content (AvgIpc) is 1.90. The molecule has 60 valence electrons. The lowest BCUT2D eigenvalue weighted by molar-refractivity contribution is 0.297. The summed E-state index contributed by atoms with van der Waals surface area (Å²) in [6.07, 6.45) is 0. The van der Waals surface area contributed by atoms with E-state index in [4.69, 9.17) is 9.52 Å². The van der Waals surface area contributed by atoms with E-state index in [1.54, 1.807) is 0 Å². The van der Waals surface area contributed by atoms with Crippen molar-refractivity contribution in [2.24, 2.45) is 5.73 Å². The van der Waals surface area contributed by atoms with Gasteiger partial charge in [0.15, 0.2) is 0 Å². The van der Waals surface area contributed by atoms with Crippen LogP contribution in [0.5, 0.6) is 0 Å². The van der Waals surface area contributed by atoms with Gasteiger partial charge < -0.3 is 9.52 Å². The zero-order valence-electron chi connectivity index (χ0n) is 7.26. The maximum absolute atomic E-state index is 5.62. The van der Waals surface area contributed by atoms with Crippen LogP contribution in [0, 0.1) is 0 Å². The van der Waals surface area contributed by atoms with Crippen molar-refractivity contribution < 1.29 is 3.79 Å². The molecule has 10 heavy (non-hydrogen) atoms. The summed E-state index contributed by atoms with van der Waals surface area (Å²) < 4.78 is 5.62. The predicted octanol–water partition coefficient (Wildman–Crippen LogP) is 1.38. The average molecular weight is 159 g/mol. The Labute approximate surface area is 68.5 Å². The van der Waals surface area contributed by atoms with Crippen molar-refractivity contribution >= 4 is 14.5 Å². The first kappa shape index (κ1) is 10.5. The highest BCUT2D eigenvalue weighted by atomic mass is 27.2. The normalized spacial score (nSPS) is 13.2. The van der Waals surface area contributed by atoms with E-state index < -0.39 is 14.5 Å². The monoisotopic (exact) mass is 159 g/mol. The van der Waals surface area contributed by atoms with Gasteiger partial charge in [-0.2, -0.15) is 0 Å². The fourth-order valence-electron chi connectivity index (χ4n) is 0.812. The molecular formula is C7H18AlNO. The third-order valence-electron chi connectivity index (χ3n) is 1.51. The van der Waals surface area contributed by atoms with Crippen LogP contribution in [-0.2, 0) is 3.79 Å². The van der Waals surface area contributed by atoms with Crippen molar-refractivity contribution in [1.82, 2.24) is 0 Å². The minimum absolute atomic E-state index is 0.202. The molecule has 0 aromatic rings. The van der Waals surface area contributed by atoms with E-state index in [0.29, 0.717) is 0 Å². The minimum Gasteiger partial charge on any atom is -0.499 e. The molecule has 0 saturated heterocycles. The highest BCUT2D eigenvalue weighted by Crippen LogP contribution is 1.99. The van der Waals surface area contributed by atoms with Crippen molar-refractivity contribution in [3.05, 3.63) is 0 Å². The van der Waals surface area contributed by atoms with Gasteiger partial charge in [-0.05, 0) is 6.92 Å². The summed E-state index contributed by atoms with van der Waals surface area (Å²) in [7, 11) is 0. The fourth-order valence-corrected chi connectivity index (χ4v) is 2.44. The summed E-state index contributed by atoms with van der Waals surface area (Å²) in [5.41, 5.74) is 5.55. The summed E-state index contributed by atoms with van der Waals surface area (Å²) in [5.74, 6) is 0. The van der Waals surface area contributed by atoms with E-state index in [2.05, 4.69) is 13.8 Å². The molecule has 0 aliphatic carbocycles. The van der Waals surface area contributed by atoms with Gasteiger partial charge in [0.05, 0.1) is 0 Å². The van der Waals surface area contributed by atoms with Crippen LogP contribution in [-0.4, -0.2) is 27.1 Å². The maximum Gasteiger partial charge on any atom is 0.460 e. The van der Waals surface area contributed by atoms with E-state index in [1.807, 2.05) is 6.92 Å². The molecule has 0 spiro atoms. The molecule has 0 aromatic heterocycles. The number of rotatable bonds is 5. The van der Waals surface area contributed by atoms with Crippen LogP contribution in [0.1, 0.15) is 20.8 Å². The Morgan fingerprint density at radius 1 is 1.40 bits per heavy atom. The first-order valence-electron chi connectivity index (χ1n) is 4.07. The van der Waals surface area contributed by atoms with Gasteiger partial charge >= 0.3 is 14.5 Å². The van der Waals surface area contributed by atoms with Crippen LogP contribution in [0.3, 0.4) is 0 Å². The topological polar surface area (TPSA) is 35.2 Å². The summed E-state index contributed by atoms with van der Waals surface area (Å²) in [4.78, 5) is 0.